The van der Waals surface area contributed by atoms with E-state index in [1.165, 1.54) is 10.8 Å². The molecule has 0 saturated carbocycles. The molecule has 78 valence electrons. The molecule has 0 N–H and O–H groups in total. The molecule has 0 aliphatic carbocycles. The number of hydrogen-bond donors (Lipinski definition) is 0. The van der Waals surface area contributed by atoms with Crippen molar-refractivity contribution in [1.82, 2.24) is 14.8 Å². The van der Waals surface area contributed by atoms with Gasteiger partial charge < -0.3 is 0 Å². The Morgan fingerprint density at radius 1 is 1.00 bits per heavy atom. The molecule has 4 heteroatoms. The zero-order chi connectivity index (χ0) is 11.0. The van der Waals surface area contributed by atoms with Crippen LogP contribution in [-0.4, -0.2) is 14.8 Å². The second-order valence-corrected chi connectivity index (χ2v) is 3.84. The summed E-state index contributed by atoms with van der Waals surface area (Å²) in [4.78, 5) is 0. The third kappa shape index (κ3) is 1.46. The van der Waals surface area contributed by atoms with Gasteiger partial charge in [0.2, 0.25) is 5.28 Å². The van der Waals surface area contributed by atoms with Crippen molar-refractivity contribution in [2.75, 3.05) is 0 Å². The van der Waals surface area contributed by atoms with Crippen LogP contribution in [0.1, 0.15) is 0 Å². The smallest absolute Gasteiger partial charge is 0.229 e. The summed E-state index contributed by atoms with van der Waals surface area (Å²) in [5.74, 6) is 0. The van der Waals surface area contributed by atoms with E-state index < -0.39 is 0 Å². The monoisotopic (exact) mass is 229 g/mol. The Morgan fingerprint density at radius 3 is 2.56 bits per heavy atom. The van der Waals surface area contributed by atoms with Gasteiger partial charge in [0.15, 0.2) is 0 Å². The van der Waals surface area contributed by atoms with E-state index in [1.807, 2.05) is 18.2 Å². The van der Waals surface area contributed by atoms with Gasteiger partial charge in [0.1, 0.15) is 6.33 Å². The standard InChI is InChI=1S/C12H8ClN3/c13-12-15-14-8-16(12)11-6-5-9-3-1-2-4-10(9)7-11/h1-8H. The summed E-state index contributed by atoms with van der Waals surface area (Å²) in [6.07, 6.45) is 1.60. The third-order valence-electron chi connectivity index (χ3n) is 2.52. The average molecular weight is 230 g/mol. The maximum atomic E-state index is 5.91. The molecule has 0 fully saturated rings. The fourth-order valence-corrected chi connectivity index (χ4v) is 1.91. The maximum absolute atomic E-state index is 5.91. The van der Waals surface area contributed by atoms with E-state index in [-0.39, 0.29) is 0 Å². The first-order valence-electron chi connectivity index (χ1n) is 4.89. The summed E-state index contributed by atoms with van der Waals surface area (Å²) < 4.78 is 1.74. The van der Waals surface area contributed by atoms with Crippen LogP contribution in [0.15, 0.2) is 48.8 Å². The van der Waals surface area contributed by atoms with Crippen molar-refractivity contribution in [2.45, 2.75) is 0 Å². The van der Waals surface area contributed by atoms with Crippen LogP contribution in [0.2, 0.25) is 5.28 Å². The van der Waals surface area contributed by atoms with Crippen LogP contribution >= 0.6 is 11.6 Å². The summed E-state index contributed by atoms with van der Waals surface area (Å²) in [5.41, 5.74) is 0.966. The molecule has 3 nitrogen and oxygen atoms in total. The lowest BCUT2D eigenvalue weighted by Gasteiger charge is -2.04. The first-order chi connectivity index (χ1) is 7.84. The molecule has 0 unspecified atom stereocenters. The molecule has 3 rings (SSSR count). The molecule has 0 aliphatic heterocycles. The molecular formula is C12H8ClN3. The molecule has 0 radical (unpaired) electrons. The summed E-state index contributed by atoms with van der Waals surface area (Å²) in [6.45, 7) is 0. The van der Waals surface area contributed by atoms with E-state index in [4.69, 9.17) is 11.6 Å². The molecule has 0 aliphatic rings. The predicted octanol–water partition coefficient (Wildman–Crippen LogP) is 3.07. The lowest BCUT2D eigenvalue weighted by Crippen LogP contribution is -1.91. The van der Waals surface area contributed by atoms with Crippen LogP contribution in [0.4, 0.5) is 0 Å². The van der Waals surface area contributed by atoms with E-state index in [2.05, 4.69) is 34.5 Å². The quantitative estimate of drug-likeness (QED) is 0.642. The largest absolute Gasteiger partial charge is 0.272 e. The van der Waals surface area contributed by atoms with Crippen LogP contribution in [0.3, 0.4) is 0 Å². The number of hydrogen-bond acceptors (Lipinski definition) is 2. The summed E-state index contributed by atoms with van der Waals surface area (Å²) in [6, 6.07) is 14.3. The van der Waals surface area contributed by atoms with E-state index in [0.29, 0.717) is 5.28 Å². The molecule has 1 heterocycles. The van der Waals surface area contributed by atoms with Crippen LogP contribution in [0.25, 0.3) is 16.5 Å². The minimum Gasteiger partial charge on any atom is -0.272 e. The molecule has 0 atom stereocenters. The zero-order valence-corrected chi connectivity index (χ0v) is 9.09. The zero-order valence-electron chi connectivity index (χ0n) is 8.34. The van der Waals surface area contributed by atoms with Gasteiger partial charge in [-0.25, -0.2) is 0 Å². The molecule has 16 heavy (non-hydrogen) atoms. The Labute approximate surface area is 97.3 Å². The summed E-state index contributed by atoms with van der Waals surface area (Å²) in [5, 5.41) is 10.3. The molecule has 0 amide bonds. The molecule has 2 aromatic carbocycles. The van der Waals surface area contributed by atoms with Crippen molar-refractivity contribution < 1.29 is 0 Å². The SMILES string of the molecule is Clc1nncn1-c1ccc2ccccc2c1. The Hall–Kier alpha value is -1.87. The van der Waals surface area contributed by atoms with Gasteiger partial charge in [-0.05, 0) is 34.5 Å². The average Bonchev–Trinajstić information content (AvgIpc) is 2.75. The Balaban J connectivity index is 2.23. The second-order valence-electron chi connectivity index (χ2n) is 3.50. The molecule has 3 aromatic rings. The minimum atomic E-state index is 0.371. The summed E-state index contributed by atoms with van der Waals surface area (Å²) in [7, 11) is 0. The normalized spacial score (nSPS) is 10.8. The van der Waals surface area contributed by atoms with Gasteiger partial charge in [-0.2, -0.15) is 0 Å². The number of nitrogens with zero attached hydrogens (tertiary/aromatic N) is 3. The Bertz CT molecular complexity index is 645. The van der Waals surface area contributed by atoms with Gasteiger partial charge in [-0.1, -0.05) is 30.3 Å². The van der Waals surface area contributed by atoms with Crippen molar-refractivity contribution in [3.05, 3.63) is 54.1 Å². The second kappa shape index (κ2) is 3.61. The van der Waals surface area contributed by atoms with Gasteiger partial charge >= 0.3 is 0 Å². The van der Waals surface area contributed by atoms with Gasteiger partial charge in [0.25, 0.3) is 0 Å². The number of aromatic nitrogens is 3. The highest BCUT2D eigenvalue weighted by Gasteiger charge is 2.03. The minimum absolute atomic E-state index is 0.371. The van der Waals surface area contributed by atoms with E-state index >= 15 is 0 Å². The number of halogens is 1. The van der Waals surface area contributed by atoms with Gasteiger partial charge in [-0.15, -0.1) is 10.2 Å². The molecule has 0 saturated heterocycles. The lowest BCUT2D eigenvalue weighted by molar-refractivity contribution is 1.06. The number of fused-ring (bicyclic) bond motifs is 1. The van der Waals surface area contributed by atoms with E-state index in [1.54, 1.807) is 10.9 Å². The fraction of sp³-hybridized carbons (Fsp3) is 0. The van der Waals surface area contributed by atoms with Crippen molar-refractivity contribution in [3.63, 3.8) is 0 Å². The highest BCUT2D eigenvalue weighted by Crippen LogP contribution is 2.20. The third-order valence-corrected chi connectivity index (χ3v) is 2.78. The highest BCUT2D eigenvalue weighted by molar-refractivity contribution is 6.28. The van der Waals surface area contributed by atoms with Crippen molar-refractivity contribution in [1.29, 1.82) is 0 Å². The lowest BCUT2D eigenvalue weighted by atomic mass is 10.1. The van der Waals surface area contributed by atoms with Crippen molar-refractivity contribution in [3.8, 4) is 5.69 Å². The van der Waals surface area contributed by atoms with E-state index in [0.717, 1.165) is 5.69 Å². The number of rotatable bonds is 1. The topological polar surface area (TPSA) is 30.7 Å². The first kappa shape index (κ1) is 9.36. The van der Waals surface area contributed by atoms with Crippen molar-refractivity contribution in [2.24, 2.45) is 0 Å². The van der Waals surface area contributed by atoms with Gasteiger partial charge in [0, 0.05) is 0 Å². The first-order valence-corrected chi connectivity index (χ1v) is 5.27. The number of benzene rings is 2. The van der Waals surface area contributed by atoms with Crippen molar-refractivity contribution >= 4 is 22.4 Å². The molecular weight excluding hydrogens is 222 g/mol. The molecule has 0 spiro atoms. The Morgan fingerprint density at radius 2 is 1.81 bits per heavy atom. The van der Waals surface area contributed by atoms with Gasteiger partial charge in [-0.3, -0.25) is 4.57 Å². The predicted molar refractivity (Wildman–Crippen MR) is 63.9 cm³/mol. The maximum Gasteiger partial charge on any atom is 0.229 e. The van der Waals surface area contributed by atoms with Crippen LogP contribution in [0, 0.1) is 0 Å². The Kier molecular flexibility index (Phi) is 2.11. The summed E-state index contributed by atoms with van der Waals surface area (Å²) >= 11 is 5.91. The molecule has 0 bridgehead atoms. The fourth-order valence-electron chi connectivity index (χ4n) is 1.72. The molecule has 1 aromatic heterocycles. The van der Waals surface area contributed by atoms with E-state index in [9.17, 15) is 0 Å². The van der Waals surface area contributed by atoms with Gasteiger partial charge in [0.05, 0.1) is 5.69 Å². The van der Waals surface area contributed by atoms with Crippen LogP contribution in [0.5, 0.6) is 0 Å². The van der Waals surface area contributed by atoms with Crippen LogP contribution in [-0.2, 0) is 0 Å². The van der Waals surface area contributed by atoms with Crippen LogP contribution < -0.4 is 0 Å². The highest BCUT2D eigenvalue weighted by atomic mass is 35.5.